The van der Waals surface area contributed by atoms with Gasteiger partial charge in [0.2, 0.25) is 5.91 Å². The summed E-state index contributed by atoms with van der Waals surface area (Å²) in [5.74, 6) is 0.786. The van der Waals surface area contributed by atoms with E-state index in [1.54, 1.807) is 7.11 Å². The number of nitrogens with one attached hydrogen (secondary N) is 1. The van der Waals surface area contributed by atoms with E-state index >= 15 is 0 Å². The van der Waals surface area contributed by atoms with Gasteiger partial charge in [-0.15, -0.1) is 0 Å². The maximum Gasteiger partial charge on any atom is 0.228 e. The zero-order valence-corrected chi connectivity index (χ0v) is 16.5. The van der Waals surface area contributed by atoms with E-state index in [-0.39, 0.29) is 5.91 Å². The number of benzene rings is 2. The Hall–Kier alpha value is -2.53. The Morgan fingerprint density at radius 3 is 2.37 bits per heavy atom. The first-order valence-corrected chi connectivity index (χ1v) is 9.59. The fourth-order valence-corrected chi connectivity index (χ4v) is 3.53. The van der Waals surface area contributed by atoms with Gasteiger partial charge in [-0.3, -0.25) is 4.79 Å². The monoisotopic (exact) mass is 367 g/mol. The van der Waals surface area contributed by atoms with Crippen LogP contribution >= 0.6 is 0 Å². The van der Waals surface area contributed by atoms with Crippen molar-refractivity contribution < 1.29 is 9.53 Å². The molecular weight excluding hydrogens is 338 g/mol. The smallest absolute Gasteiger partial charge is 0.228 e. The molecule has 1 saturated heterocycles. The Kier molecular flexibility index (Phi) is 6.35. The molecule has 1 amide bonds. The summed E-state index contributed by atoms with van der Waals surface area (Å²) in [7, 11) is 1.64. The summed E-state index contributed by atoms with van der Waals surface area (Å²) in [5.41, 5.74) is 4.28. The number of anilines is 2. The normalized spacial score (nSPS) is 14.9. The Labute approximate surface area is 161 Å². The summed E-state index contributed by atoms with van der Waals surface area (Å²) in [5, 5.41) is 3.01. The molecule has 0 atom stereocenters. The number of hydrogen-bond acceptors (Lipinski definition) is 4. The molecule has 27 heavy (non-hydrogen) atoms. The first kappa shape index (κ1) is 19.2. The van der Waals surface area contributed by atoms with Gasteiger partial charge in [0.05, 0.1) is 13.5 Å². The molecule has 0 spiro atoms. The minimum Gasteiger partial charge on any atom is -0.497 e. The van der Waals surface area contributed by atoms with Crippen LogP contribution in [0.1, 0.15) is 18.1 Å². The summed E-state index contributed by atoms with van der Waals surface area (Å²) < 4.78 is 5.15. The van der Waals surface area contributed by atoms with E-state index < -0.39 is 0 Å². The van der Waals surface area contributed by atoms with Crippen LogP contribution < -0.4 is 15.0 Å². The molecule has 1 aliphatic heterocycles. The summed E-state index contributed by atoms with van der Waals surface area (Å²) >= 11 is 0. The molecule has 5 heteroatoms. The summed E-state index contributed by atoms with van der Waals surface area (Å²) in [6, 6.07) is 13.8. The van der Waals surface area contributed by atoms with E-state index in [0.717, 1.165) is 49.7 Å². The van der Waals surface area contributed by atoms with E-state index in [2.05, 4.69) is 41.1 Å². The molecule has 0 bridgehead atoms. The maximum atomic E-state index is 12.3. The van der Waals surface area contributed by atoms with Gasteiger partial charge in [-0.2, -0.15) is 0 Å². The van der Waals surface area contributed by atoms with Gasteiger partial charge in [0.25, 0.3) is 0 Å². The molecule has 2 aromatic rings. The SMILES string of the molecule is CCN1CCN(c2ccc(NC(=O)Cc3ccc(OC)cc3)cc2C)CC1. The van der Waals surface area contributed by atoms with Crippen LogP contribution in [0.3, 0.4) is 0 Å². The van der Waals surface area contributed by atoms with Crippen molar-refractivity contribution in [1.82, 2.24) is 4.90 Å². The van der Waals surface area contributed by atoms with Crippen LogP contribution in [-0.4, -0.2) is 50.6 Å². The van der Waals surface area contributed by atoms with Crippen LogP contribution in [0.5, 0.6) is 5.75 Å². The predicted molar refractivity (Wildman–Crippen MR) is 111 cm³/mol. The predicted octanol–water partition coefficient (Wildman–Crippen LogP) is 3.33. The van der Waals surface area contributed by atoms with E-state index in [0.29, 0.717) is 6.42 Å². The van der Waals surface area contributed by atoms with Crippen molar-refractivity contribution in [3.05, 3.63) is 53.6 Å². The van der Waals surface area contributed by atoms with Crippen LogP contribution in [0.15, 0.2) is 42.5 Å². The fraction of sp³-hybridized carbons (Fsp3) is 0.409. The number of methoxy groups -OCH3 is 1. The van der Waals surface area contributed by atoms with Crippen LogP contribution in [0.25, 0.3) is 0 Å². The first-order chi connectivity index (χ1) is 13.1. The highest BCUT2D eigenvalue weighted by Crippen LogP contribution is 2.25. The number of amides is 1. The molecule has 1 N–H and O–H groups in total. The number of aryl methyl sites for hydroxylation is 1. The highest BCUT2D eigenvalue weighted by atomic mass is 16.5. The molecule has 1 heterocycles. The second-order valence-corrected chi connectivity index (χ2v) is 7.00. The van der Waals surface area contributed by atoms with Crippen LogP contribution in [-0.2, 0) is 11.2 Å². The molecule has 0 aliphatic carbocycles. The number of nitrogens with zero attached hydrogens (tertiary/aromatic N) is 2. The van der Waals surface area contributed by atoms with Gasteiger partial charge in [0.1, 0.15) is 5.75 Å². The molecule has 0 radical (unpaired) electrons. The number of likely N-dealkylation sites (N-methyl/N-ethyl adjacent to an activating group) is 1. The van der Waals surface area contributed by atoms with Crippen molar-refractivity contribution in [2.24, 2.45) is 0 Å². The maximum absolute atomic E-state index is 12.3. The highest BCUT2D eigenvalue weighted by Gasteiger charge is 2.17. The van der Waals surface area contributed by atoms with Gasteiger partial charge in [0, 0.05) is 37.6 Å². The molecule has 2 aromatic carbocycles. The number of carbonyl (C=O) groups excluding carboxylic acids is 1. The molecule has 1 fully saturated rings. The zero-order chi connectivity index (χ0) is 19.2. The number of carbonyl (C=O) groups is 1. The van der Waals surface area contributed by atoms with Gasteiger partial charge in [0.15, 0.2) is 0 Å². The van der Waals surface area contributed by atoms with E-state index in [1.165, 1.54) is 11.3 Å². The standard InChI is InChI=1S/C22H29N3O2/c1-4-24-11-13-25(14-12-24)21-10-7-19(15-17(21)2)23-22(26)16-18-5-8-20(27-3)9-6-18/h5-10,15H,4,11-14,16H2,1-3H3,(H,23,26). The third kappa shape index (κ3) is 5.01. The summed E-state index contributed by atoms with van der Waals surface area (Å²) in [4.78, 5) is 17.3. The topological polar surface area (TPSA) is 44.8 Å². The minimum absolute atomic E-state index is 0.0103. The quantitative estimate of drug-likeness (QED) is 0.851. The number of hydrogen-bond donors (Lipinski definition) is 1. The molecular formula is C22H29N3O2. The zero-order valence-electron chi connectivity index (χ0n) is 16.5. The van der Waals surface area contributed by atoms with Crippen LogP contribution in [0, 0.1) is 6.92 Å². The van der Waals surface area contributed by atoms with Crippen LogP contribution in [0.2, 0.25) is 0 Å². The third-order valence-electron chi connectivity index (χ3n) is 5.16. The largest absolute Gasteiger partial charge is 0.497 e. The molecule has 0 saturated carbocycles. The van der Waals surface area contributed by atoms with Gasteiger partial charge in [-0.1, -0.05) is 19.1 Å². The average molecular weight is 367 g/mol. The number of piperazine rings is 1. The van der Waals surface area contributed by atoms with Crippen molar-refractivity contribution >= 4 is 17.3 Å². The van der Waals surface area contributed by atoms with Crippen LogP contribution in [0.4, 0.5) is 11.4 Å². The van der Waals surface area contributed by atoms with Gasteiger partial charge >= 0.3 is 0 Å². The van der Waals surface area contributed by atoms with Crippen molar-refractivity contribution in [2.45, 2.75) is 20.3 Å². The van der Waals surface area contributed by atoms with E-state index in [1.807, 2.05) is 30.3 Å². The lowest BCUT2D eigenvalue weighted by molar-refractivity contribution is -0.115. The van der Waals surface area contributed by atoms with Gasteiger partial charge in [-0.25, -0.2) is 0 Å². The molecule has 5 nitrogen and oxygen atoms in total. The Morgan fingerprint density at radius 1 is 1.07 bits per heavy atom. The Balaban J connectivity index is 1.59. The fourth-order valence-electron chi connectivity index (χ4n) is 3.53. The Bertz CT molecular complexity index is 766. The van der Waals surface area contributed by atoms with Crippen molar-refractivity contribution in [1.29, 1.82) is 0 Å². The summed E-state index contributed by atoms with van der Waals surface area (Å²) in [6.45, 7) is 9.76. The van der Waals surface area contributed by atoms with Gasteiger partial charge < -0.3 is 19.9 Å². The second kappa shape index (κ2) is 8.91. The highest BCUT2D eigenvalue weighted by molar-refractivity contribution is 5.92. The average Bonchev–Trinajstić information content (AvgIpc) is 2.69. The number of ether oxygens (including phenoxy) is 1. The van der Waals surface area contributed by atoms with E-state index in [4.69, 9.17) is 4.74 Å². The first-order valence-electron chi connectivity index (χ1n) is 9.59. The molecule has 144 valence electrons. The lowest BCUT2D eigenvalue weighted by Crippen LogP contribution is -2.46. The van der Waals surface area contributed by atoms with Crippen molar-refractivity contribution in [3.8, 4) is 5.75 Å². The molecule has 0 aromatic heterocycles. The lowest BCUT2D eigenvalue weighted by Gasteiger charge is -2.36. The van der Waals surface area contributed by atoms with E-state index in [9.17, 15) is 4.79 Å². The minimum atomic E-state index is -0.0103. The third-order valence-corrected chi connectivity index (χ3v) is 5.16. The van der Waals surface area contributed by atoms with Crippen molar-refractivity contribution in [2.75, 3.05) is 50.1 Å². The Morgan fingerprint density at radius 2 is 1.78 bits per heavy atom. The van der Waals surface area contributed by atoms with Crippen molar-refractivity contribution in [3.63, 3.8) is 0 Å². The molecule has 1 aliphatic rings. The lowest BCUT2D eigenvalue weighted by atomic mass is 10.1. The number of rotatable bonds is 6. The molecule has 3 rings (SSSR count). The van der Waals surface area contributed by atoms with Gasteiger partial charge in [-0.05, 0) is 54.9 Å². The molecule has 0 unspecified atom stereocenters. The summed E-state index contributed by atoms with van der Waals surface area (Å²) in [6.07, 6.45) is 0.351. The second-order valence-electron chi connectivity index (χ2n) is 7.00.